The van der Waals surface area contributed by atoms with Gasteiger partial charge >= 0.3 is 0 Å². The van der Waals surface area contributed by atoms with E-state index < -0.39 is 17.8 Å². The van der Waals surface area contributed by atoms with Gasteiger partial charge in [-0.1, -0.05) is 30.3 Å². The molecular formula is C15H15FN2O2. The topological polar surface area (TPSA) is 51.2 Å². The van der Waals surface area contributed by atoms with Gasteiger partial charge in [-0.25, -0.2) is 4.39 Å². The van der Waals surface area contributed by atoms with Crippen LogP contribution in [0.3, 0.4) is 0 Å². The Morgan fingerprint density at radius 3 is 2.75 bits per heavy atom. The molecule has 2 rings (SSSR count). The summed E-state index contributed by atoms with van der Waals surface area (Å²) >= 11 is 0. The third-order valence-corrected chi connectivity index (χ3v) is 2.70. The molecule has 1 heterocycles. The lowest BCUT2D eigenvalue weighted by Gasteiger charge is -2.17. The summed E-state index contributed by atoms with van der Waals surface area (Å²) in [4.78, 5) is 15.9. The molecule has 0 bridgehead atoms. The Bertz CT molecular complexity index is 575. The van der Waals surface area contributed by atoms with Gasteiger partial charge in [0.1, 0.15) is 0 Å². The van der Waals surface area contributed by atoms with Gasteiger partial charge in [0.05, 0.1) is 11.9 Å². The lowest BCUT2D eigenvalue weighted by atomic mass is 10.1. The van der Waals surface area contributed by atoms with Crippen molar-refractivity contribution in [3.8, 4) is 0 Å². The predicted molar refractivity (Wildman–Crippen MR) is 73.6 cm³/mol. The number of carbonyl (C=O) groups is 1. The van der Waals surface area contributed by atoms with Crippen molar-refractivity contribution in [2.45, 2.75) is 13.0 Å². The number of amides is 1. The number of aromatic nitrogens is 1. The van der Waals surface area contributed by atoms with Crippen LogP contribution in [0.2, 0.25) is 0 Å². The first-order valence-corrected chi connectivity index (χ1v) is 6.29. The smallest absolute Gasteiger partial charge is 0.258 e. The number of hydrogen-bond donors (Lipinski definition) is 1. The van der Waals surface area contributed by atoms with Gasteiger partial charge in [0, 0.05) is 12.8 Å². The molecule has 0 aliphatic carbocycles. The van der Waals surface area contributed by atoms with E-state index in [0.29, 0.717) is 6.61 Å². The number of halogens is 1. The Labute approximate surface area is 116 Å². The molecule has 0 aliphatic heterocycles. The number of pyridine rings is 1. The summed E-state index contributed by atoms with van der Waals surface area (Å²) in [6, 6.07) is 10.5. The average Bonchev–Trinajstić information content (AvgIpc) is 2.48. The van der Waals surface area contributed by atoms with Crippen LogP contribution in [-0.2, 0) is 9.53 Å². The highest BCUT2D eigenvalue weighted by atomic mass is 19.1. The maximum absolute atomic E-state index is 13.5. The van der Waals surface area contributed by atoms with Crippen LogP contribution in [0.15, 0.2) is 48.8 Å². The second kappa shape index (κ2) is 6.77. The molecule has 1 aromatic heterocycles. The summed E-state index contributed by atoms with van der Waals surface area (Å²) in [5, 5.41) is 2.51. The van der Waals surface area contributed by atoms with Gasteiger partial charge in [-0.2, -0.15) is 0 Å². The standard InChI is InChI=1S/C15H15FN2O2/c1-2-20-14(11-6-4-3-5-7-11)15(19)18-13-8-9-17-10-12(13)16/h3-10,14H,2H2,1H3,(H,17,18,19). The summed E-state index contributed by atoms with van der Waals surface area (Å²) in [7, 11) is 0. The van der Waals surface area contributed by atoms with Crippen LogP contribution in [0.1, 0.15) is 18.6 Å². The molecule has 1 atom stereocenters. The molecular weight excluding hydrogens is 259 g/mol. The zero-order valence-corrected chi connectivity index (χ0v) is 11.0. The molecule has 0 radical (unpaired) electrons. The van der Waals surface area contributed by atoms with E-state index in [2.05, 4.69) is 10.3 Å². The Kier molecular flexibility index (Phi) is 4.79. The largest absolute Gasteiger partial charge is 0.364 e. The minimum Gasteiger partial charge on any atom is -0.364 e. The van der Waals surface area contributed by atoms with Gasteiger partial charge in [0.25, 0.3) is 5.91 Å². The molecule has 0 saturated heterocycles. The van der Waals surface area contributed by atoms with E-state index in [4.69, 9.17) is 4.74 Å². The van der Waals surface area contributed by atoms with Crippen LogP contribution in [0.25, 0.3) is 0 Å². The number of rotatable bonds is 5. The van der Waals surface area contributed by atoms with E-state index >= 15 is 0 Å². The fraction of sp³-hybridized carbons (Fsp3) is 0.200. The quantitative estimate of drug-likeness (QED) is 0.912. The van der Waals surface area contributed by atoms with Gasteiger partial charge in [0.15, 0.2) is 11.9 Å². The third kappa shape index (κ3) is 3.39. The van der Waals surface area contributed by atoms with E-state index in [1.807, 2.05) is 18.2 Å². The Hall–Kier alpha value is -2.27. The number of nitrogens with zero attached hydrogens (tertiary/aromatic N) is 1. The van der Waals surface area contributed by atoms with Gasteiger partial charge in [-0.15, -0.1) is 0 Å². The number of benzene rings is 1. The molecule has 0 spiro atoms. The average molecular weight is 274 g/mol. The maximum Gasteiger partial charge on any atom is 0.258 e. The zero-order chi connectivity index (χ0) is 14.4. The molecule has 1 unspecified atom stereocenters. The molecule has 0 aliphatic rings. The molecule has 0 fully saturated rings. The van der Waals surface area contributed by atoms with Gasteiger partial charge in [0.2, 0.25) is 0 Å². The molecule has 1 amide bonds. The van der Waals surface area contributed by atoms with Crippen LogP contribution in [-0.4, -0.2) is 17.5 Å². The monoisotopic (exact) mass is 274 g/mol. The lowest BCUT2D eigenvalue weighted by molar-refractivity contribution is -0.127. The second-order valence-electron chi connectivity index (χ2n) is 4.09. The van der Waals surface area contributed by atoms with Crippen molar-refractivity contribution in [1.82, 2.24) is 4.98 Å². The van der Waals surface area contributed by atoms with Crippen LogP contribution >= 0.6 is 0 Å². The fourth-order valence-corrected chi connectivity index (χ4v) is 1.79. The third-order valence-electron chi connectivity index (χ3n) is 2.70. The molecule has 1 N–H and O–H groups in total. The van der Waals surface area contributed by atoms with Crippen LogP contribution in [0, 0.1) is 5.82 Å². The van der Waals surface area contributed by atoms with E-state index in [1.54, 1.807) is 19.1 Å². The fourth-order valence-electron chi connectivity index (χ4n) is 1.79. The maximum atomic E-state index is 13.5. The van der Waals surface area contributed by atoms with Crippen LogP contribution in [0.5, 0.6) is 0 Å². The molecule has 2 aromatic rings. The molecule has 104 valence electrons. The minimum absolute atomic E-state index is 0.0886. The normalized spacial score (nSPS) is 11.9. The number of carbonyl (C=O) groups excluding carboxylic acids is 1. The van der Waals surface area contributed by atoms with E-state index in [0.717, 1.165) is 11.8 Å². The number of ether oxygens (including phenoxy) is 1. The van der Waals surface area contributed by atoms with E-state index in [1.165, 1.54) is 12.3 Å². The highest BCUT2D eigenvalue weighted by Gasteiger charge is 2.21. The highest BCUT2D eigenvalue weighted by Crippen LogP contribution is 2.20. The van der Waals surface area contributed by atoms with E-state index in [-0.39, 0.29) is 5.69 Å². The highest BCUT2D eigenvalue weighted by molar-refractivity contribution is 5.94. The summed E-state index contributed by atoms with van der Waals surface area (Å²) in [5.74, 6) is -0.993. The van der Waals surface area contributed by atoms with Crippen molar-refractivity contribution in [3.05, 3.63) is 60.2 Å². The summed E-state index contributed by atoms with van der Waals surface area (Å²) in [6.45, 7) is 2.18. The van der Waals surface area contributed by atoms with Crippen molar-refractivity contribution < 1.29 is 13.9 Å². The van der Waals surface area contributed by atoms with Crippen molar-refractivity contribution in [1.29, 1.82) is 0 Å². The predicted octanol–water partition coefficient (Wildman–Crippen LogP) is 2.94. The molecule has 20 heavy (non-hydrogen) atoms. The van der Waals surface area contributed by atoms with Gasteiger partial charge < -0.3 is 10.1 Å². The first-order valence-electron chi connectivity index (χ1n) is 6.29. The second-order valence-corrected chi connectivity index (χ2v) is 4.09. The van der Waals surface area contributed by atoms with Crippen molar-refractivity contribution in [2.75, 3.05) is 11.9 Å². The van der Waals surface area contributed by atoms with Crippen molar-refractivity contribution in [2.24, 2.45) is 0 Å². The molecule has 4 nitrogen and oxygen atoms in total. The Morgan fingerprint density at radius 2 is 2.10 bits per heavy atom. The van der Waals surface area contributed by atoms with Crippen LogP contribution < -0.4 is 5.32 Å². The van der Waals surface area contributed by atoms with E-state index in [9.17, 15) is 9.18 Å². The molecule has 5 heteroatoms. The van der Waals surface area contributed by atoms with Crippen molar-refractivity contribution in [3.63, 3.8) is 0 Å². The number of nitrogens with one attached hydrogen (secondary N) is 1. The summed E-state index contributed by atoms with van der Waals surface area (Å²) in [5.41, 5.74) is 0.812. The number of anilines is 1. The summed E-state index contributed by atoms with van der Waals surface area (Å²) < 4.78 is 18.9. The van der Waals surface area contributed by atoms with Gasteiger partial charge in [-0.05, 0) is 18.6 Å². The Balaban J connectivity index is 2.18. The number of hydrogen-bond acceptors (Lipinski definition) is 3. The molecule has 1 aromatic carbocycles. The van der Waals surface area contributed by atoms with Crippen molar-refractivity contribution >= 4 is 11.6 Å². The zero-order valence-electron chi connectivity index (χ0n) is 11.0. The first kappa shape index (κ1) is 14.1. The minimum atomic E-state index is -0.770. The lowest BCUT2D eigenvalue weighted by Crippen LogP contribution is -2.24. The van der Waals surface area contributed by atoms with Crippen LogP contribution in [0.4, 0.5) is 10.1 Å². The summed E-state index contributed by atoms with van der Waals surface area (Å²) in [6.07, 6.45) is 1.69. The first-order chi connectivity index (χ1) is 9.72. The van der Waals surface area contributed by atoms with Gasteiger partial charge in [-0.3, -0.25) is 9.78 Å². The Morgan fingerprint density at radius 1 is 1.35 bits per heavy atom. The molecule has 0 saturated carbocycles. The SMILES string of the molecule is CCOC(C(=O)Nc1ccncc1F)c1ccccc1.